The fraction of sp³-hybridized carbons (Fsp3) is 0.286. The van der Waals surface area contributed by atoms with Gasteiger partial charge in [-0.1, -0.05) is 12.1 Å². The molecular formula is C14H16N4. The molecule has 0 amide bonds. The van der Waals surface area contributed by atoms with Gasteiger partial charge in [-0.05, 0) is 31.0 Å². The summed E-state index contributed by atoms with van der Waals surface area (Å²) in [6, 6.07) is 8.22. The van der Waals surface area contributed by atoms with Gasteiger partial charge in [0.15, 0.2) is 0 Å². The van der Waals surface area contributed by atoms with E-state index in [9.17, 15) is 0 Å². The standard InChI is InChI=1S/C14H16N4/c1-2-18-10-12(9-16-18)7-8-17-11-15-13-5-3-4-6-14(13)17/h3-6,9-11H,2,7-8H2,1H3. The number of fused-ring (bicyclic) bond motifs is 1. The number of benzene rings is 1. The van der Waals surface area contributed by atoms with Crippen LogP contribution in [0.2, 0.25) is 0 Å². The number of aromatic nitrogens is 4. The molecule has 18 heavy (non-hydrogen) atoms. The van der Waals surface area contributed by atoms with Crippen LogP contribution in [0.15, 0.2) is 43.0 Å². The molecular weight excluding hydrogens is 224 g/mol. The summed E-state index contributed by atoms with van der Waals surface area (Å²) in [6.07, 6.45) is 6.96. The fourth-order valence-corrected chi connectivity index (χ4v) is 2.15. The second-order valence-electron chi connectivity index (χ2n) is 4.38. The van der Waals surface area contributed by atoms with Crippen molar-refractivity contribution in [3.05, 3.63) is 48.5 Å². The highest BCUT2D eigenvalue weighted by Crippen LogP contribution is 2.12. The predicted molar refractivity (Wildman–Crippen MR) is 71.3 cm³/mol. The van der Waals surface area contributed by atoms with Crippen LogP contribution in [0.1, 0.15) is 12.5 Å². The van der Waals surface area contributed by atoms with E-state index in [2.05, 4.69) is 39.9 Å². The van der Waals surface area contributed by atoms with E-state index in [1.54, 1.807) is 0 Å². The van der Waals surface area contributed by atoms with Crippen LogP contribution >= 0.6 is 0 Å². The maximum absolute atomic E-state index is 4.39. The Balaban J connectivity index is 1.76. The second kappa shape index (κ2) is 4.64. The summed E-state index contributed by atoms with van der Waals surface area (Å²) in [4.78, 5) is 4.39. The fourth-order valence-electron chi connectivity index (χ4n) is 2.15. The summed E-state index contributed by atoms with van der Waals surface area (Å²) in [5.74, 6) is 0. The van der Waals surface area contributed by atoms with Gasteiger partial charge in [0.05, 0.1) is 23.6 Å². The number of aryl methyl sites for hydroxylation is 3. The number of rotatable bonds is 4. The van der Waals surface area contributed by atoms with Crippen LogP contribution in [0.25, 0.3) is 11.0 Å². The number of imidazole rings is 1. The first-order valence-electron chi connectivity index (χ1n) is 6.28. The molecule has 0 unspecified atom stereocenters. The molecule has 0 aliphatic heterocycles. The Morgan fingerprint density at radius 3 is 2.94 bits per heavy atom. The summed E-state index contributed by atoms with van der Waals surface area (Å²) in [7, 11) is 0. The minimum absolute atomic E-state index is 0.925. The highest BCUT2D eigenvalue weighted by molar-refractivity contribution is 5.74. The highest BCUT2D eigenvalue weighted by Gasteiger charge is 2.02. The Hall–Kier alpha value is -2.10. The molecule has 4 heteroatoms. The maximum Gasteiger partial charge on any atom is 0.0958 e. The average Bonchev–Trinajstić information content (AvgIpc) is 3.03. The van der Waals surface area contributed by atoms with Gasteiger partial charge in [0.2, 0.25) is 0 Å². The quantitative estimate of drug-likeness (QED) is 0.702. The minimum Gasteiger partial charge on any atom is -0.330 e. The minimum atomic E-state index is 0.925. The third kappa shape index (κ3) is 2.01. The van der Waals surface area contributed by atoms with Crippen LogP contribution in [0, 0.1) is 0 Å². The maximum atomic E-state index is 4.39. The number of nitrogens with zero attached hydrogens (tertiary/aromatic N) is 4. The lowest BCUT2D eigenvalue weighted by atomic mass is 10.2. The molecule has 0 aliphatic carbocycles. The summed E-state index contributed by atoms with van der Waals surface area (Å²) in [6.45, 7) is 3.96. The summed E-state index contributed by atoms with van der Waals surface area (Å²) < 4.78 is 4.15. The molecule has 0 fully saturated rings. The van der Waals surface area contributed by atoms with Crippen molar-refractivity contribution in [1.82, 2.24) is 19.3 Å². The molecule has 2 aromatic heterocycles. The lowest BCUT2D eigenvalue weighted by Gasteiger charge is -2.02. The van der Waals surface area contributed by atoms with Crippen molar-refractivity contribution in [1.29, 1.82) is 0 Å². The van der Waals surface area contributed by atoms with Gasteiger partial charge in [-0.25, -0.2) is 4.98 Å². The van der Waals surface area contributed by atoms with Gasteiger partial charge in [-0.15, -0.1) is 0 Å². The van der Waals surface area contributed by atoms with Gasteiger partial charge in [0.25, 0.3) is 0 Å². The monoisotopic (exact) mass is 240 g/mol. The van der Waals surface area contributed by atoms with Crippen molar-refractivity contribution in [2.45, 2.75) is 26.4 Å². The molecule has 0 spiro atoms. The molecule has 0 saturated heterocycles. The number of hydrogen-bond acceptors (Lipinski definition) is 2. The molecule has 2 heterocycles. The lowest BCUT2D eigenvalue weighted by Crippen LogP contribution is -1.99. The molecule has 0 N–H and O–H groups in total. The average molecular weight is 240 g/mol. The predicted octanol–water partition coefficient (Wildman–Crippen LogP) is 2.50. The first-order valence-corrected chi connectivity index (χ1v) is 6.28. The Morgan fingerprint density at radius 1 is 1.22 bits per heavy atom. The second-order valence-corrected chi connectivity index (χ2v) is 4.38. The van der Waals surface area contributed by atoms with Crippen LogP contribution < -0.4 is 0 Å². The Bertz CT molecular complexity index is 650. The molecule has 0 radical (unpaired) electrons. The van der Waals surface area contributed by atoms with Gasteiger partial charge < -0.3 is 4.57 Å². The summed E-state index contributed by atoms with van der Waals surface area (Å²) >= 11 is 0. The zero-order chi connectivity index (χ0) is 12.4. The number of hydrogen-bond donors (Lipinski definition) is 0. The van der Waals surface area contributed by atoms with Gasteiger partial charge in [-0.3, -0.25) is 4.68 Å². The summed E-state index contributed by atoms with van der Waals surface area (Å²) in [5.41, 5.74) is 3.52. The van der Waals surface area contributed by atoms with E-state index < -0.39 is 0 Å². The molecule has 3 rings (SSSR count). The van der Waals surface area contributed by atoms with Crippen LogP contribution in [0.4, 0.5) is 0 Å². The van der Waals surface area contributed by atoms with Crippen molar-refractivity contribution in [3.63, 3.8) is 0 Å². The molecule has 0 aliphatic rings. The van der Waals surface area contributed by atoms with Crippen LogP contribution in [0.3, 0.4) is 0 Å². The van der Waals surface area contributed by atoms with Crippen molar-refractivity contribution >= 4 is 11.0 Å². The van der Waals surface area contributed by atoms with Crippen molar-refractivity contribution < 1.29 is 0 Å². The number of para-hydroxylation sites is 2. The highest BCUT2D eigenvalue weighted by atomic mass is 15.3. The normalized spacial score (nSPS) is 11.2. The van der Waals surface area contributed by atoms with E-state index in [-0.39, 0.29) is 0 Å². The Morgan fingerprint density at radius 2 is 2.11 bits per heavy atom. The van der Waals surface area contributed by atoms with Crippen molar-refractivity contribution in [2.75, 3.05) is 0 Å². The van der Waals surface area contributed by atoms with Crippen molar-refractivity contribution in [3.8, 4) is 0 Å². The molecule has 92 valence electrons. The van der Waals surface area contributed by atoms with E-state index in [4.69, 9.17) is 0 Å². The molecule has 0 atom stereocenters. The third-order valence-electron chi connectivity index (χ3n) is 3.18. The molecule has 0 bridgehead atoms. The van der Waals surface area contributed by atoms with Gasteiger partial charge in [0, 0.05) is 19.3 Å². The van der Waals surface area contributed by atoms with E-state index in [1.165, 1.54) is 11.1 Å². The molecule has 4 nitrogen and oxygen atoms in total. The van der Waals surface area contributed by atoms with Crippen LogP contribution in [-0.2, 0) is 19.5 Å². The zero-order valence-electron chi connectivity index (χ0n) is 10.5. The Kier molecular flexibility index (Phi) is 2.84. The SMILES string of the molecule is CCn1cc(CCn2cnc3ccccc32)cn1. The van der Waals surface area contributed by atoms with E-state index in [1.807, 2.05) is 29.3 Å². The molecule has 3 aromatic rings. The largest absolute Gasteiger partial charge is 0.330 e. The zero-order valence-corrected chi connectivity index (χ0v) is 10.5. The summed E-state index contributed by atoms with van der Waals surface area (Å²) in [5, 5.41) is 4.29. The van der Waals surface area contributed by atoms with Gasteiger partial charge in [0.1, 0.15) is 0 Å². The smallest absolute Gasteiger partial charge is 0.0958 e. The first kappa shape index (κ1) is 11.0. The topological polar surface area (TPSA) is 35.6 Å². The Labute approximate surface area is 106 Å². The first-order chi connectivity index (χ1) is 8.86. The third-order valence-corrected chi connectivity index (χ3v) is 3.18. The van der Waals surface area contributed by atoms with E-state index in [0.717, 1.165) is 25.0 Å². The van der Waals surface area contributed by atoms with E-state index >= 15 is 0 Å². The van der Waals surface area contributed by atoms with Gasteiger partial charge >= 0.3 is 0 Å². The van der Waals surface area contributed by atoms with Crippen molar-refractivity contribution in [2.24, 2.45) is 0 Å². The lowest BCUT2D eigenvalue weighted by molar-refractivity contribution is 0.657. The van der Waals surface area contributed by atoms with Crippen LogP contribution in [-0.4, -0.2) is 19.3 Å². The molecule has 0 saturated carbocycles. The van der Waals surface area contributed by atoms with Gasteiger partial charge in [-0.2, -0.15) is 5.10 Å². The van der Waals surface area contributed by atoms with E-state index in [0.29, 0.717) is 0 Å². The van der Waals surface area contributed by atoms with Crippen LogP contribution in [0.5, 0.6) is 0 Å². The molecule has 1 aromatic carbocycles.